The summed E-state index contributed by atoms with van der Waals surface area (Å²) in [5.74, 6) is -1.85. The molecule has 3 aromatic carbocycles. The molecule has 0 aliphatic rings. The molecule has 0 bridgehead atoms. The smallest absolute Gasteiger partial charge is 0.330 e. The number of carbonyl (C=O) groups excluding carboxylic acids is 1. The average molecular weight is 453 g/mol. The molecule has 0 fully saturated rings. The first-order chi connectivity index (χ1) is 15.3. The maximum absolute atomic E-state index is 12.2. The lowest BCUT2D eigenvalue weighted by molar-refractivity contribution is -0.139. The van der Waals surface area contributed by atoms with E-state index in [0.29, 0.717) is 17.7 Å². The van der Waals surface area contributed by atoms with E-state index < -0.39 is 17.9 Å². The summed E-state index contributed by atoms with van der Waals surface area (Å²) >= 11 is 5.68. The van der Waals surface area contributed by atoms with Crippen LogP contribution in [0.5, 0.6) is 0 Å². The van der Waals surface area contributed by atoms with E-state index in [2.05, 4.69) is 5.32 Å². The summed E-state index contributed by atoms with van der Waals surface area (Å²) in [5.41, 5.74) is 13.1. The number of carboxylic acids is 1. The first-order valence-corrected chi connectivity index (χ1v) is 10.2. The zero-order valence-electron chi connectivity index (χ0n) is 17.3. The second-order valence-corrected chi connectivity index (χ2v) is 7.25. The molecule has 0 radical (unpaired) electrons. The van der Waals surface area contributed by atoms with Crippen molar-refractivity contribution in [2.45, 2.75) is 12.5 Å². The van der Waals surface area contributed by atoms with E-state index in [0.717, 1.165) is 11.4 Å². The van der Waals surface area contributed by atoms with Crippen molar-refractivity contribution >= 4 is 29.3 Å². The molecule has 7 nitrogen and oxygen atoms in total. The van der Waals surface area contributed by atoms with Crippen molar-refractivity contribution in [3.8, 4) is 0 Å². The molecule has 3 rings (SSSR count). The van der Waals surface area contributed by atoms with Gasteiger partial charge in [-0.1, -0.05) is 66.2 Å². The fourth-order valence-corrected chi connectivity index (χ4v) is 2.92. The molecule has 0 aliphatic carbocycles. The Morgan fingerprint density at radius 3 is 2.16 bits per heavy atom. The molecule has 32 heavy (non-hydrogen) atoms. The van der Waals surface area contributed by atoms with Crippen molar-refractivity contribution in [2.75, 3.05) is 6.54 Å². The Balaban J connectivity index is 0.000000303. The molecule has 0 aromatic heterocycles. The number of nitrogens with two attached hydrogens (primary N) is 2. The summed E-state index contributed by atoms with van der Waals surface area (Å²) in [4.78, 5) is 23.6. The number of hydrogen-bond acceptors (Lipinski definition) is 4. The lowest BCUT2D eigenvalue weighted by atomic mass is 10.1. The Morgan fingerprint density at radius 2 is 1.59 bits per heavy atom. The van der Waals surface area contributed by atoms with Crippen LogP contribution in [0.1, 0.15) is 33.1 Å². The molecule has 0 aliphatic heterocycles. The summed E-state index contributed by atoms with van der Waals surface area (Å²) in [7, 11) is 0. The number of amides is 1. The van der Waals surface area contributed by atoms with Crippen LogP contribution in [0.2, 0.25) is 5.02 Å². The van der Waals surface area contributed by atoms with Gasteiger partial charge in [0.05, 0.1) is 0 Å². The molecule has 1 atom stereocenters. The molecule has 0 spiro atoms. The summed E-state index contributed by atoms with van der Waals surface area (Å²) in [6.07, 6.45) is 0.928. The van der Waals surface area contributed by atoms with E-state index in [4.69, 9.17) is 28.5 Å². The van der Waals surface area contributed by atoms with Gasteiger partial charge in [-0.05, 0) is 48.4 Å². The van der Waals surface area contributed by atoms with Gasteiger partial charge in [-0.2, -0.15) is 0 Å². The predicted octanol–water partition coefficient (Wildman–Crippen LogP) is 3.37. The van der Waals surface area contributed by atoms with Crippen LogP contribution in [-0.2, 0) is 11.2 Å². The van der Waals surface area contributed by atoms with Crippen LogP contribution in [0.15, 0.2) is 78.9 Å². The molecule has 7 N–H and O–H groups in total. The number of rotatable bonds is 7. The number of carboxylic acid groups (broad SMARTS) is 1. The molecule has 1 amide bonds. The van der Waals surface area contributed by atoms with Crippen molar-refractivity contribution in [2.24, 2.45) is 11.5 Å². The fraction of sp³-hybridized carbons (Fsp3) is 0.125. The highest BCUT2D eigenvalue weighted by atomic mass is 35.5. The molecule has 8 heteroatoms. The second-order valence-electron chi connectivity index (χ2n) is 6.82. The van der Waals surface area contributed by atoms with Gasteiger partial charge in [0, 0.05) is 16.1 Å². The zero-order valence-corrected chi connectivity index (χ0v) is 18.0. The Hall–Kier alpha value is -3.68. The van der Waals surface area contributed by atoms with E-state index in [9.17, 15) is 14.7 Å². The van der Waals surface area contributed by atoms with Crippen molar-refractivity contribution in [1.29, 1.82) is 5.41 Å². The number of nitrogen functional groups attached to an aromatic ring is 1. The van der Waals surface area contributed by atoms with E-state index in [-0.39, 0.29) is 11.4 Å². The van der Waals surface area contributed by atoms with Crippen LogP contribution in [0.4, 0.5) is 0 Å². The molecule has 0 heterocycles. The normalized spacial score (nSPS) is 10.9. The lowest BCUT2D eigenvalue weighted by Crippen LogP contribution is -2.33. The standard InChI is InChI=1S/C16H15N3O3.C8H10ClN/c17-14(18)11-7-4-8-12(9-11)15(20)19-13(16(21)22)10-5-2-1-3-6-10;9-8-3-1-7(2-4-8)5-6-10/h1-9,13H,(H3,17,18)(H,19,20)(H,21,22);1-4H,5-6,10H2/t13-;/m1./s1. The quantitative estimate of drug-likeness (QED) is 0.276. The van der Waals surface area contributed by atoms with Crippen LogP contribution in [0.3, 0.4) is 0 Å². The second kappa shape index (κ2) is 12.2. The lowest BCUT2D eigenvalue weighted by Gasteiger charge is -2.15. The number of amidine groups is 1. The van der Waals surface area contributed by atoms with Gasteiger partial charge < -0.3 is 21.9 Å². The van der Waals surface area contributed by atoms with Gasteiger partial charge in [0.25, 0.3) is 5.91 Å². The van der Waals surface area contributed by atoms with Crippen molar-refractivity contribution in [3.05, 3.63) is 106 Å². The number of nitrogens with one attached hydrogen (secondary N) is 2. The third-order valence-electron chi connectivity index (χ3n) is 4.44. The monoisotopic (exact) mass is 452 g/mol. The van der Waals surface area contributed by atoms with Crippen LogP contribution >= 0.6 is 11.6 Å². The van der Waals surface area contributed by atoms with Gasteiger partial charge >= 0.3 is 5.97 Å². The predicted molar refractivity (Wildman–Crippen MR) is 126 cm³/mol. The number of benzene rings is 3. The first-order valence-electron chi connectivity index (χ1n) is 9.79. The molecule has 0 saturated heterocycles. The Kier molecular flexibility index (Phi) is 9.41. The molecule has 3 aromatic rings. The third kappa shape index (κ3) is 7.54. The van der Waals surface area contributed by atoms with E-state index in [1.165, 1.54) is 17.7 Å². The van der Waals surface area contributed by atoms with Gasteiger partial charge in [0.1, 0.15) is 5.84 Å². The fourth-order valence-electron chi connectivity index (χ4n) is 2.79. The van der Waals surface area contributed by atoms with E-state index in [1.807, 2.05) is 24.3 Å². The third-order valence-corrected chi connectivity index (χ3v) is 4.69. The molecule has 0 saturated carbocycles. The number of halogens is 1. The largest absolute Gasteiger partial charge is 0.479 e. The van der Waals surface area contributed by atoms with Crippen LogP contribution in [0.25, 0.3) is 0 Å². The molecule has 166 valence electrons. The Morgan fingerprint density at radius 1 is 0.969 bits per heavy atom. The van der Waals surface area contributed by atoms with E-state index >= 15 is 0 Å². The van der Waals surface area contributed by atoms with Crippen LogP contribution < -0.4 is 16.8 Å². The first kappa shape index (κ1) is 24.6. The minimum absolute atomic E-state index is 0.160. The van der Waals surface area contributed by atoms with E-state index in [1.54, 1.807) is 42.5 Å². The highest BCUT2D eigenvalue weighted by Crippen LogP contribution is 2.14. The zero-order chi connectivity index (χ0) is 23.5. The van der Waals surface area contributed by atoms with Gasteiger partial charge in [-0.15, -0.1) is 0 Å². The average Bonchev–Trinajstić information content (AvgIpc) is 2.80. The minimum Gasteiger partial charge on any atom is -0.479 e. The van der Waals surface area contributed by atoms with Gasteiger partial charge in [0.15, 0.2) is 6.04 Å². The van der Waals surface area contributed by atoms with Crippen molar-refractivity contribution in [1.82, 2.24) is 5.32 Å². The summed E-state index contributed by atoms with van der Waals surface area (Å²) in [6.45, 7) is 0.696. The van der Waals surface area contributed by atoms with Gasteiger partial charge in [0.2, 0.25) is 0 Å². The molecule has 0 unspecified atom stereocenters. The van der Waals surface area contributed by atoms with Crippen molar-refractivity contribution < 1.29 is 14.7 Å². The maximum Gasteiger partial charge on any atom is 0.330 e. The number of carbonyl (C=O) groups is 2. The summed E-state index contributed by atoms with van der Waals surface area (Å²) < 4.78 is 0. The molecular weight excluding hydrogens is 428 g/mol. The highest BCUT2D eigenvalue weighted by molar-refractivity contribution is 6.30. The Labute approximate surface area is 191 Å². The van der Waals surface area contributed by atoms with Crippen LogP contribution in [-0.4, -0.2) is 29.4 Å². The van der Waals surface area contributed by atoms with Gasteiger partial charge in [-0.25, -0.2) is 4.79 Å². The number of aliphatic carboxylic acids is 1. The SMILES string of the molecule is N=C(N)c1cccc(C(=O)N[C@@H](C(=O)O)c2ccccc2)c1.NCCc1ccc(Cl)cc1. The van der Waals surface area contributed by atoms with Crippen LogP contribution in [0, 0.1) is 5.41 Å². The molecular formula is C24H25ClN4O3. The topological polar surface area (TPSA) is 142 Å². The highest BCUT2D eigenvalue weighted by Gasteiger charge is 2.22. The van der Waals surface area contributed by atoms with Crippen molar-refractivity contribution in [3.63, 3.8) is 0 Å². The Bertz CT molecular complexity index is 1060. The summed E-state index contributed by atoms with van der Waals surface area (Å²) in [5, 5.41) is 19.9. The number of hydrogen-bond donors (Lipinski definition) is 5. The minimum atomic E-state index is -1.15. The maximum atomic E-state index is 12.2. The van der Waals surface area contributed by atoms with Gasteiger partial charge in [-0.3, -0.25) is 10.2 Å². The summed E-state index contributed by atoms with van der Waals surface area (Å²) in [6, 6.07) is 21.2.